The minimum Gasteiger partial charge on any atom is -0.467 e. The Bertz CT molecular complexity index is 876. The zero-order chi connectivity index (χ0) is 22.1. The molecule has 0 amide bonds. The molecule has 3 rings (SSSR count). The van der Waals surface area contributed by atoms with Gasteiger partial charge in [-0.05, 0) is 23.1 Å². The molecule has 162 valence electrons. The molecular formula is C26H29NO4. The molecule has 0 saturated heterocycles. The molecule has 3 atom stereocenters. The number of hydrogen-bond acceptors (Lipinski definition) is 5. The number of carbonyl (C=O) groups is 1. The summed E-state index contributed by atoms with van der Waals surface area (Å²) in [6, 6.07) is 29.2. The van der Waals surface area contributed by atoms with Gasteiger partial charge in [-0.2, -0.15) is 0 Å². The van der Waals surface area contributed by atoms with E-state index in [4.69, 9.17) is 0 Å². The molecule has 0 aromatic heterocycles. The topological polar surface area (TPSA) is 70.0 Å². The van der Waals surface area contributed by atoms with Crippen LogP contribution in [0.15, 0.2) is 91.0 Å². The first-order chi connectivity index (χ1) is 15.1. The number of methoxy groups -OCH3 is 1. The molecule has 31 heavy (non-hydrogen) atoms. The van der Waals surface area contributed by atoms with Gasteiger partial charge in [-0.3, -0.25) is 4.90 Å². The molecule has 0 heterocycles. The molecule has 0 radical (unpaired) electrons. The lowest BCUT2D eigenvalue weighted by molar-refractivity contribution is -0.159. The van der Waals surface area contributed by atoms with Crippen molar-refractivity contribution in [1.82, 2.24) is 4.90 Å². The van der Waals surface area contributed by atoms with Gasteiger partial charge in [0.1, 0.15) is 6.10 Å². The third kappa shape index (κ3) is 6.49. The van der Waals surface area contributed by atoms with E-state index in [1.54, 1.807) is 0 Å². The Morgan fingerprint density at radius 2 is 1.19 bits per heavy atom. The number of ether oxygens (including phenoxy) is 1. The van der Waals surface area contributed by atoms with Gasteiger partial charge >= 0.3 is 5.97 Å². The van der Waals surface area contributed by atoms with Crippen LogP contribution in [0.25, 0.3) is 0 Å². The summed E-state index contributed by atoms with van der Waals surface area (Å²) >= 11 is 0. The van der Waals surface area contributed by atoms with Crippen LogP contribution < -0.4 is 0 Å². The molecule has 2 N–H and O–H groups in total. The van der Waals surface area contributed by atoms with E-state index in [9.17, 15) is 15.0 Å². The zero-order valence-corrected chi connectivity index (χ0v) is 17.7. The quantitative estimate of drug-likeness (QED) is 0.494. The molecule has 3 aromatic carbocycles. The van der Waals surface area contributed by atoms with E-state index in [0.717, 1.165) is 16.7 Å². The molecule has 0 fully saturated rings. The summed E-state index contributed by atoms with van der Waals surface area (Å²) in [5.41, 5.74) is 3.17. The second-order valence-corrected chi connectivity index (χ2v) is 7.59. The number of benzene rings is 3. The number of rotatable bonds is 10. The summed E-state index contributed by atoms with van der Waals surface area (Å²) in [4.78, 5) is 14.1. The van der Waals surface area contributed by atoms with E-state index in [2.05, 4.69) is 9.64 Å². The molecule has 0 aliphatic rings. The SMILES string of the molecule is COC(=O)[C@@H](O)[C@H](O)[C@H](Cc1ccccc1)N(Cc1ccccc1)Cc1ccccc1. The lowest BCUT2D eigenvalue weighted by Gasteiger charge is -2.36. The Kier molecular flexibility index (Phi) is 8.35. The van der Waals surface area contributed by atoms with Gasteiger partial charge in [-0.1, -0.05) is 91.0 Å². The van der Waals surface area contributed by atoms with Crippen LogP contribution in [-0.2, 0) is 29.0 Å². The fourth-order valence-electron chi connectivity index (χ4n) is 3.72. The van der Waals surface area contributed by atoms with Gasteiger partial charge < -0.3 is 14.9 Å². The summed E-state index contributed by atoms with van der Waals surface area (Å²) in [6.07, 6.45) is -2.48. The van der Waals surface area contributed by atoms with Crippen molar-refractivity contribution in [2.75, 3.05) is 7.11 Å². The predicted octanol–water partition coefficient (Wildman–Crippen LogP) is 3.19. The Morgan fingerprint density at radius 1 is 0.774 bits per heavy atom. The molecule has 0 aliphatic heterocycles. The second-order valence-electron chi connectivity index (χ2n) is 7.59. The highest BCUT2D eigenvalue weighted by atomic mass is 16.5. The lowest BCUT2D eigenvalue weighted by Crippen LogP contribution is -2.51. The van der Waals surface area contributed by atoms with Gasteiger partial charge in [-0.15, -0.1) is 0 Å². The Hall–Kier alpha value is -2.99. The van der Waals surface area contributed by atoms with Crippen LogP contribution in [0.1, 0.15) is 16.7 Å². The van der Waals surface area contributed by atoms with Crippen LogP contribution in [0.5, 0.6) is 0 Å². The highest BCUT2D eigenvalue weighted by Crippen LogP contribution is 2.21. The number of aliphatic hydroxyl groups is 2. The minimum atomic E-state index is -1.63. The first kappa shape index (κ1) is 22.7. The molecule has 0 bridgehead atoms. The van der Waals surface area contributed by atoms with Crippen molar-refractivity contribution in [3.63, 3.8) is 0 Å². The van der Waals surface area contributed by atoms with Gasteiger partial charge in [-0.25, -0.2) is 4.79 Å². The molecule has 0 unspecified atom stereocenters. The average molecular weight is 420 g/mol. The monoisotopic (exact) mass is 419 g/mol. The predicted molar refractivity (Wildman–Crippen MR) is 120 cm³/mol. The smallest absolute Gasteiger partial charge is 0.337 e. The normalized spacial score (nSPS) is 14.1. The maximum Gasteiger partial charge on any atom is 0.337 e. The maximum atomic E-state index is 12.0. The molecule has 0 aliphatic carbocycles. The summed E-state index contributed by atoms with van der Waals surface area (Å²) < 4.78 is 4.68. The van der Waals surface area contributed by atoms with Gasteiger partial charge in [0, 0.05) is 19.1 Å². The number of aliphatic hydroxyl groups excluding tert-OH is 2. The Balaban J connectivity index is 1.96. The molecule has 0 saturated carbocycles. The van der Waals surface area contributed by atoms with Crippen molar-refractivity contribution < 1.29 is 19.7 Å². The highest BCUT2D eigenvalue weighted by Gasteiger charge is 2.35. The van der Waals surface area contributed by atoms with Gasteiger partial charge in [0.05, 0.1) is 7.11 Å². The average Bonchev–Trinajstić information content (AvgIpc) is 2.82. The van der Waals surface area contributed by atoms with E-state index in [-0.39, 0.29) is 0 Å². The Morgan fingerprint density at radius 3 is 1.61 bits per heavy atom. The van der Waals surface area contributed by atoms with E-state index in [0.29, 0.717) is 19.5 Å². The van der Waals surface area contributed by atoms with Crippen molar-refractivity contribution in [1.29, 1.82) is 0 Å². The van der Waals surface area contributed by atoms with E-state index < -0.39 is 24.2 Å². The van der Waals surface area contributed by atoms with Gasteiger partial charge in [0.2, 0.25) is 0 Å². The summed E-state index contributed by atoms with van der Waals surface area (Å²) in [5, 5.41) is 21.5. The van der Waals surface area contributed by atoms with Crippen LogP contribution in [0, 0.1) is 0 Å². The van der Waals surface area contributed by atoms with Crippen LogP contribution in [0.4, 0.5) is 0 Å². The van der Waals surface area contributed by atoms with E-state index in [1.165, 1.54) is 7.11 Å². The van der Waals surface area contributed by atoms with E-state index in [1.807, 2.05) is 91.0 Å². The zero-order valence-electron chi connectivity index (χ0n) is 17.7. The molecular weight excluding hydrogens is 390 g/mol. The first-order valence-corrected chi connectivity index (χ1v) is 10.4. The molecule has 5 heteroatoms. The van der Waals surface area contributed by atoms with Crippen molar-refractivity contribution in [3.05, 3.63) is 108 Å². The fourth-order valence-corrected chi connectivity index (χ4v) is 3.72. The van der Waals surface area contributed by atoms with Crippen LogP contribution >= 0.6 is 0 Å². The third-order valence-corrected chi connectivity index (χ3v) is 5.37. The number of nitrogens with zero attached hydrogens (tertiary/aromatic N) is 1. The van der Waals surface area contributed by atoms with Crippen molar-refractivity contribution in [2.24, 2.45) is 0 Å². The fraction of sp³-hybridized carbons (Fsp3) is 0.269. The van der Waals surface area contributed by atoms with Gasteiger partial charge in [0.25, 0.3) is 0 Å². The van der Waals surface area contributed by atoms with Crippen LogP contribution in [0.3, 0.4) is 0 Å². The van der Waals surface area contributed by atoms with Crippen molar-refractivity contribution in [3.8, 4) is 0 Å². The standard InChI is InChI=1S/C26H29NO4/c1-31-26(30)25(29)24(28)23(17-20-11-5-2-6-12-20)27(18-21-13-7-3-8-14-21)19-22-15-9-4-10-16-22/h2-16,23-25,28-29H,17-19H2,1H3/t23-,24+,25-/m0/s1. The minimum absolute atomic E-state index is 0.468. The summed E-state index contributed by atoms with van der Waals surface area (Å²) in [5.74, 6) is -0.843. The summed E-state index contributed by atoms with van der Waals surface area (Å²) in [6.45, 7) is 1.11. The van der Waals surface area contributed by atoms with E-state index >= 15 is 0 Å². The van der Waals surface area contributed by atoms with Crippen LogP contribution in [0.2, 0.25) is 0 Å². The molecule has 3 aromatic rings. The lowest BCUT2D eigenvalue weighted by atomic mass is 9.95. The largest absolute Gasteiger partial charge is 0.467 e. The van der Waals surface area contributed by atoms with Gasteiger partial charge in [0.15, 0.2) is 6.10 Å². The number of hydrogen-bond donors (Lipinski definition) is 2. The summed E-state index contributed by atoms with van der Waals surface area (Å²) in [7, 11) is 1.20. The maximum absolute atomic E-state index is 12.0. The second kappa shape index (κ2) is 11.4. The first-order valence-electron chi connectivity index (χ1n) is 10.4. The molecule has 0 spiro atoms. The van der Waals surface area contributed by atoms with Crippen LogP contribution in [-0.4, -0.2) is 46.4 Å². The molecule has 5 nitrogen and oxygen atoms in total. The number of esters is 1. The highest BCUT2D eigenvalue weighted by molar-refractivity contribution is 5.75. The van der Waals surface area contributed by atoms with Crippen molar-refractivity contribution in [2.45, 2.75) is 37.8 Å². The third-order valence-electron chi connectivity index (χ3n) is 5.37. The number of carbonyl (C=O) groups excluding carboxylic acids is 1. The Labute approximate surface area is 183 Å². The van der Waals surface area contributed by atoms with Crippen molar-refractivity contribution >= 4 is 5.97 Å².